The maximum atomic E-state index is 5.88. The Morgan fingerprint density at radius 2 is 1.88 bits per heavy atom. The van der Waals surface area contributed by atoms with Gasteiger partial charge in [0, 0.05) is 40.3 Å². The van der Waals surface area contributed by atoms with Gasteiger partial charge in [-0.05, 0) is 11.6 Å². The monoisotopic (exact) mass is 242 g/mol. The molecule has 0 atom stereocenters. The molecule has 2 rings (SSSR count). The van der Waals surface area contributed by atoms with Crippen LogP contribution in [0.2, 0.25) is 5.28 Å². The molecule has 1 aliphatic rings. The molecule has 7 heteroatoms. The topological polar surface area (TPSA) is 57.2 Å². The molecule has 16 heavy (non-hydrogen) atoms. The summed E-state index contributed by atoms with van der Waals surface area (Å²) in [6.07, 6.45) is 0. The highest BCUT2D eigenvalue weighted by Crippen LogP contribution is 2.15. The van der Waals surface area contributed by atoms with Gasteiger partial charge in [0.25, 0.3) is 0 Å². The summed E-state index contributed by atoms with van der Waals surface area (Å²) in [5.41, 5.74) is 0. The van der Waals surface area contributed by atoms with Gasteiger partial charge in [0.1, 0.15) is 0 Å². The molecule has 1 aliphatic heterocycles. The molecule has 0 bridgehead atoms. The van der Waals surface area contributed by atoms with Crippen LogP contribution >= 0.6 is 11.6 Å². The van der Waals surface area contributed by atoms with Crippen LogP contribution in [-0.4, -0.2) is 55.2 Å². The molecule has 0 saturated carbocycles. The second-order valence-corrected chi connectivity index (χ2v) is 4.17. The Labute approximate surface area is 99.6 Å². The maximum absolute atomic E-state index is 5.88. The van der Waals surface area contributed by atoms with Crippen molar-refractivity contribution in [3.05, 3.63) is 5.28 Å². The van der Waals surface area contributed by atoms with E-state index < -0.39 is 0 Å². The van der Waals surface area contributed by atoms with Crippen molar-refractivity contribution in [2.45, 2.75) is 0 Å². The van der Waals surface area contributed by atoms with Crippen molar-refractivity contribution < 1.29 is 0 Å². The van der Waals surface area contributed by atoms with Crippen molar-refractivity contribution in [3.8, 4) is 0 Å². The number of nitrogens with one attached hydrogen (secondary N) is 1. The molecule has 1 saturated heterocycles. The third-order valence-corrected chi connectivity index (χ3v) is 2.55. The van der Waals surface area contributed by atoms with Gasteiger partial charge in [-0.3, -0.25) is 0 Å². The van der Waals surface area contributed by atoms with Gasteiger partial charge in [0.05, 0.1) is 0 Å². The summed E-state index contributed by atoms with van der Waals surface area (Å²) in [6.45, 7) is 3.68. The third-order valence-electron chi connectivity index (χ3n) is 2.38. The summed E-state index contributed by atoms with van der Waals surface area (Å²) >= 11 is 5.88. The van der Waals surface area contributed by atoms with E-state index in [1.54, 1.807) is 0 Å². The number of nitrogens with zero attached hydrogens (tertiary/aromatic N) is 5. The van der Waals surface area contributed by atoms with E-state index in [1.165, 1.54) is 0 Å². The lowest BCUT2D eigenvalue weighted by Crippen LogP contribution is -2.44. The Kier molecular flexibility index (Phi) is 3.40. The van der Waals surface area contributed by atoms with Crippen LogP contribution in [0.25, 0.3) is 0 Å². The Morgan fingerprint density at radius 3 is 2.50 bits per heavy atom. The molecule has 0 unspecified atom stereocenters. The van der Waals surface area contributed by atoms with Crippen molar-refractivity contribution in [3.63, 3.8) is 0 Å². The van der Waals surface area contributed by atoms with E-state index in [2.05, 4.69) is 25.2 Å². The molecule has 1 aromatic rings. The number of rotatable bonds is 2. The standard InChI is InChI=1S/C9H15ClN6/c1-15(2)8-12-7(10)13-9(14-8)16-5-3-11-4-6-16/h11H,3-6H2,1-2H3. The molecule has 88 valence electrons. The predicted molar refractivity (Wildman–Crippen MR) is 64.2 cm³/mol. The van der Waals surface area contributed by atoms with E-state index in [1.807, 2.05) is 19.0 Å². The van der Waals surface area contributed by atoms with Crippen molar-refractivity contribution in [2.24, 2.45) is 0 Å². The van der Waals surface area contributed by atoms with Gasteiger partial charge in [-0.25, -0.2) is 0 Å². The number of aromatic nitrogens is 3. The van der Waals surface area contributed by atoms with E-state index in [9.17, 15) is 0 Å². The van der Waals surface area contributed by atoms with Gasteiger partial charge in [-0.2, -0.15) is 15.0 Å². The molecule has 1 N–H and O–H groups in total. The first-order chi connectivity index (χ1) is 7.66. The van der Waals surface area contributed by atoms with Crippen LogP contribution < -0.4 is 15.1 Å². The summed E-state index contributed by atoms with van der Waals surface area (Å²) in [6, 6.07) is 0. The van der Waals surface area contributed by atoms with Gasteiger partial charge in [0.15, 0.2) is 0 Å². The van der Waals surface area contributed by atoms with E-state index in [0.29, 0.717) is 11.9 Å². The highest BCUT2D eigenvalue weighted by atomic mass is 35.5. The van der Waals surface area contributed by atoms with Crippen LogP contribution in [0.5, 0.6) is 0 Å². The van der Waals surface area contributed by atoms with Gasteiger partial charge in [-0.15, -0.1) is 0 Å². The zero-order valence-electron chi connectivity index (χ0n) is 9.44. The molecule has 1 aromatic heterocycles. The minimum Gasteiger partial charge on any atom is -0.347 e. The van der Waals surface area contributed by atoms with Crippen LogP contribution in [0.1, 0.15) is 0 Å². The van der Waals surface area contributed by atoms with Crippen LogP contribution in [0.4, 0.5) is 11.9 Å². The molecule has 0 aliphatic carbocycles. The van der Waals surface area contributed by atoms with E-state index in [0.717, 1.165) is 26.2 Å². The van der Waals surface area contributed by atoms with Gasteiger partial charge in [0.2, 0.25) is 17.2 Å². The average Bonchev–Trinajstić information content (AvgIpc) is 2.29. The first-order valence-electron chi connectivity index (χ1n) is 5.21. The van der Waals surface area contributed by atoms with Crippen LogP contribution in [0.15, 0.2) is 0 Å². The largest absolute Gasteiger partial charge is 0.347 e. The Balaban J connectivity index is 2.25. The van der Waals surface area contributed by atoms with Gasteiger partial charge in [-0.1, -0.05) is 0 Å². The molecule has 0 amide bonds. The van der Waals surface area contributed by atoms with Gasteiger partial charge >= 0.3 is 0 Å². The minimum atomic E-state index is 0.243. The maximum Gasteiger partial charge on any atom is 0.231 e. The van der Waals surface area contributed by atoms with Crippen molar-refractivity contribution >= 4 is 23.5 Å². The lowest BCUT2D eigenvalue weighted by molar-refractivity contribution is 0.579. The summed E-state index contributed by atoms with van der Waals surface area (Å²) in [4.78, 5) is 16.5. The first kappa shape index (κ1) is 11.3. The lowest BCUT2D eigenvalue weighted by atomic mass is 10.4. The zero-order valence-corrected chi connectivity index (χ0v) is 10.2. The number of anilines is 2. The fraction of sp³-hybridized carbons (Fsp3) is 0.667. The van der Waals surface area contributed by atoms with Crippen molar-refractivity contribution in [2.75, 3.05) is 50.1 Å². The predicted octanol–water partition coefficient (Wildman–Crippen LogP) is 0.000600. The summed E-state index contributed by atoms with van der Waals surface area (Å²) in [5.74, 6) is 1.25. The van der Waals surface area contributed by atoms with Crippen LogP contribution in [0.3, 0.4) is 0 Å². The zero-order chi connectivity index (χ0) is 11.5. The number of halogens is 1. The second-order valence-electron chi connectivity index (χ2n) is 3.84. The number of hydrogen-bond acceptors (Lipinski definition) is 6. The van der Waals surface area contributed by atoms with E-state index in [-0.39, 0.29) is 5.28 Å². The molecular formula is C9H15ClN6. The fourth-order valence-corrected chi connectivity index (χ4v) is 1.69. The fourth-order valence-electron chi connectivity index (χ4n) is 1.54. The smallest absolute Gasteiger partial charge is 0.231 e. The van der Waals surface area contributed by atoms with Gasteiger partial charge < -0.3 is 15.1 Å². The number of hydrogen-bond donors (Lipinski definition) is 1. The SMILES string of the molecule is CN(C)c1nc(Cl)nc(N2CCNCC2)n1. The molecular weight excluding hydrogens is 228 g/mol. The van der Waals surface area contributed by atoms with Crippen molar-refractivity contribution in [1.29, 1.82) is 0 Å². The average molecular weight is 243 g/mol. The Morgan fingerprint density at radius 1 is 1.19 bits per heavy atom. The number of piperazine rings is 1. The molecule has 0 radical (unpaired) electrons. The Hall–Kier alpha value is -1.14. The highest BCUT2D eigenvalue weighted by molar-refractivity contribution is 6.28. The van der Waals surface area contributed by atoms with E-state index >= 15 is 0 Å². The Bertz CT molecular complexity index is 363. The van der Waals surface area contributed by atoms with E-state index in [4.69, 9.17) is 11.6 Å². The van der Waals surface area contributed by atoms with Crippen molar-refractivity contribution in [1.82, 2.24) is 20.3 Å². The molecule has 6 nitrogen and oxygen atoms in total. The summed E-state index contributed by atoms with van der Waals surface area (Å²) in [7, 11) is 3.76. The summed E-state index contributed by atoms with van der Waals surface area (Å²) < 4.78 is 0. The van der Waals surface area contributed by atoms with Crippen LogP contribution in [0, 0.1) is 0 Å². The first-order valence-corrected chi connectivity index (χ1v) is 5.59. The normalized spacial score (nSPS) is 16.3. The minimum absolute atomic E-state index is 0.243. The van der Waals surface area contributed by atoms with Crippen LogP contribution in [-0.2, 0) is 0 Å². The highest BCUT2D eigenvalue weighted by Gasteiger charge is 2.15. The second kappa shape index (κ2) is 4.80. The third kappa shape index (κ3) is 2.51. The molecule has 0 aromatic carbocycles. The molecule has 2 heterocycles. The lowest BCUT2D eigenvalue weighted by Gasteiger charge is -2.27. The molecule has 0 spiro atoms. The quantitative estimate of drug-likeness (QED) is 0.788. The molecule has 1 fully saturated rings. The summed E-state index contributed by atoms with van der Waals surface area (Å²) in [5, 5.41) is 3.52.